The van der Waals surface area contributed by atoms with Gasteiger partial charge in [-0.3, -0.25) is 0 Å². The molecule has 1 aliphatic carbocycles. The topological polar surface area (TPSA) is 63.0 Å². The third kappa shape index (κ3) is 3.79. The summed E-state index contributed by atoms with van der Waals surface area (Å²) in [4.78, 5) is 4.01. The molecule has 0 bridgehead atoms. The lowest BCUT2D eigenvalue weighted by Gasteiger charge is -2.14. The molecular weight excluding hydrogens is 326 g/mol. The van der Waals surface area contributed by atoms with Crippen molar-refractivity contribution >= 4 is 17.3 Å². The van der Waals surface area contributed by atoms with Crippen molar-refractivity contribution in [2.75, 3.05) is 11.9 Å². The Labute approximate surface area is 137 Å². The fraction of sp³-hybridized carbons (Fsp3) is 0.467. The Balaban J connectivity index is 1.79. The average Bonchev–Trinajstić information content (AvgIpc) is 3.14. The Hall–Kier alpha value is -1.73. The summed E-state index contributed by atoms with van der Waals surface area (Å²) in [5.74, 6) is 0.378. The van der Waals surface area contributed by atoms with E-state index in [0.29, 0.717) is 39.2 Å². The molecular formula is C15H17ClF2N4O. The number of hydrogen-bond donors (Lipinski definition) is 2. The number of aromatic nitrogens is 3. The van der Waals surface area contributed by atoms with Gasteiger partial charge in [0, 0.05) is 30.2 Å². The normalized spacial score (nSPS) is 21.1. The van der Waals surface area contributed by atoms with Gasteiger partial charge in [0.05, 0.1) is 11.8 Å². The molecule has 0 spiro atoms. The first kappa shape index (κ1) is 16.1. The van der Waals surface area contributed by atoms with Crippen molar-refractivity contribution < 1.29 is 13.9 Å². The first-order valence-corrected chi connectivity index (χ1v) is 7.82. The maximum absolute atomic E-state index is 12.7. The van der Waals surface area contributed by atoms with Crippen LogP contribution in [0.3, 0.4) is 0 Å². The molecule has 2 aromatic rings. The van der Waals surface area contributed by atoms with Gasteiger partial charge >= 0.3 is 6.55 Å². The number of anilines is 1. The number of hydrogen-bond acceptors (Lipinski definition) is 4. The molecule has 8 heteroatoms. The molecule has 2 atom stereocenters. The van der Waals surface area contributed by atoms with Gasteiger partial charge in [0.15, 0.2) is 0 Å². The Bertz CT molecular complexity index is 679. The number of aliphatic hydroxyl groups excluding tert-OH is 1. The number of alkyl halides is 2. The van der Waals surface area contributed by atoms with Gasteiger partial charge in [0.2, 0.25) is 0 Å². The molecule has 1 fully saturated rings. The van der Waals surface area contributed by atoms with Crippen molar-refractivity contribution in [2.24, 2.45) is 5.92 Å². The molecule has 0 aliphatic heterocycles. The highest BCUT2D eigenvalue weighted by Crippen LogP contribution is 2.31. The standard InChI is InChI=1S/C15H17ClF2N4O/c16-14-6-13(19-7-9-1-2-10(23)5-9)11(8-20-14)12-3-4-22(21-12)15(17)18/h3-4,6,8-10,15,23H,1-2,5,7H2,(H,19,20). The van der Waals surface area contributed by atoms with Crippen LogP contribution in [0.4, 0.5) is 14.5 Å². The van der Waals surface area contributed by atoms with E-state index in [-0.39, 0.29) is 6.10 Å². The highest BCUT2D eigenvalue weighted by Gasteiger charge is 2.23. The van der Waals surface area contributed by atoms with Gasteiger partial charge in [-0.05, 0) is 37.3 Å². The number of aliphatic hydroxyl groups is 1. The zero-order valence-corrected chi connectivity index (χ0v) is 13.0. The van der Waals surface area contributed by atoms with Crippen LogP contribution in [-0.4, -0.2) is 32.5 Å². The fourth-order valence-corrected chi connectivity index (χ4v) is 3.02. The van der Waals surface area contributed by atoms with E-state index in [1.165, 1.54) is 18.5 Å². The van der Waals surface area contributed by atoms with Crippen LogP contribution in [0.5, 0.6) is 0 Å². The third-order valence-electron chi connectivity index (χ3n) is 4.05. The van der Waals surface area contributed by atoms with Gasteiger partial charge in [-0.2, -0.15) is 13.9 Å². The molecule has 0 saturated heterocycles. The van der Waals surface area contributed by atoms with E-state index in [0.717, 1.165) is 19.3 Å². The van der Waals surface area contributed by atoms with E-state index >= 15 is 0 Å². The molecule has 1 aliphatic rings. The minimum absolute atomic E-state index is 0.232. The van der Waals surface area contributed by atoms with Gasteiger partial charge in [-0.1, -0.05) is 11.6 Å². The predicted octanol–water partition coefficient (Wildman–Crippen LogP) is 3.57. The molecule has 2 N–H and O–H groups in total. The Morgan fingerprint density at radius 3 is 2.91 bits per heavy atom. The van der Waals surface area contributed by atoms with Crippen molar-refractivity contribution in [3.8, 4) is 11.3 Å². The van der Waals surface area contributed by atoms with E-state index in [1.54, 1.807) is 6.07 Å². The van der Waals surface area contributed by atoms with Crippen LogP contribution < -0.4 is 5.32 Å². The van der Waals surface area contributed by atoms with Gasteiger partial charge < -0.3 is 10.4 Å². The summed E-state index contributed by atoms with van der Waals surface area (Å²) < 4.78 is 25.9. The van der Waals surface area contributed by atoms with E-state index in [2.05, 4.69) is 15.4 Å². The molecule has 1 saturated carbocycles. The van der Waals surface area contributed by atoms with Crippen molar-refractivity contribution in [2.45, 2.75) is 31.9 Å². The van der Waals surface area contributed by atoms with Crippen LogP contribution in [0.15, 0.2) is 24.5 Å². The summed E-state index contributed by atoms with van der Waals surface area (Å²) in [7, 11) is 0. The smallest absolute Gasteiger partial charge is 0.333 e. The Kier molecular flexibility index (Phi) is 4.77. The highest BCUT2D eigenvalue weighted by molar-refractivity contribution is 6.29. The largest absolute Gasteiger partial charge is 0.393 e. The van der Waals surface area contributed by atoms with Crippen LogP contribution in [0, 0.1) is 5.92 Å². The van der Waals surface area contributed by atoms with Crippen LogP contribution in [0.2, 0.25) is 5.15 Å². The average molecular weight is 343 g/mol. The maximum Gasteiger partial charge on any atom is 0.333 e. The zero-order chi connectivity index (χ0) is 16.4. The van der Waals surface area contributed by atoms with E-state index < -0.39 is 6.55 Å². The molecule has 5 nitrogen and oxygen atoms in total. The highest BCUT2D eigenvalue weighted by atomic mass is 35.5. The fourth-order valence-electron chi connectivity index (χ4n) is 2.86. The maximum atomic E-state index is 12.7. The molecule has 23 heavy (non-hydrogen) atoms. The number of halogens is 3. The monoisotopic (exact) mass is 342 g/mol. The molecule has 124 valence electrons. The second kappa shape index (κ2) is 6.80. The molecule has 2 unspecified atom stereocenters. The third-order valence-corrected chi connectivity index (χ3v) is 4.26. The molecule has 0 radical (unpaired) electrons. The number of pyridine rings is 1. The van der Waals surface area contributed by atoms with Crippen molar-refractivity contribution in [1.29, 1.82) is 0 Å². The summed E-state index contributed by atoms with van der Waals surface area (Å²) in [5, 5.41) is 17.0. The van der Waals surface area contributed by atoms with Gasteiger partial charge in [-0.15, -0.1) is 0 Å². The number of rotatable bonds is 5. The van der Waals surface area contributed by atoms with E-state index in [4.69, 9.17) is 11.6 Å². The minimum atomic E-state index is -2.68. The molecule has 0 amide bonds. The van der Waals surface area contributed by atoms with Crippen molar-refractivity contribution in [1.82, 2.24) is 14.8 Å². The van der Waals surface area contributed by atoms with E-state index in [1.807, 2.05) is 0 Å². The summed E-state index contributed by atoms with van der Waals surface area (Å²) in [6, 6.07) is 3.17. The lowest BCUT2D eigenvalue weighted by atomic mass is 10.1. The van der Waals surface area contributed by atoms with Gasteiger partial charge in [0.25, 0.3) is 0 Å². The van der Waals surface area contributed by atoms with Crippen LogP contribution in [-0.2, 0) is 0 Å². The molecule has 3 rings (SSSR count). The molecule has 2 aromatic heterocycles. The summed E-state index contributed by atoms with van der Waals surface area (Å²) >= 11 is 5.94. The van der Waals surface area contributed by atoms with Crippen LogP contribution >= 0.6 is 11.6 Å². The zero-order valence-electron chi connectivity index (χ0n) is 12.3. The quantitative estimate of drug-likeness (QED) is 0.815. The van der Waals surface area contributed by atoms with Gasteiger partial charge in [0.1, 0.15) is 5.15 Å². The van der Waals surface area contributed by atoms with Crippen LogP contribution in [0.25, 0.3) is 11.3 Å². The SMILES string of the molecule is OC1CCC(CNc2cc(Cl)ncc2-c2ccn(C(F)F)n2)C1. The van der Waals surface area contributed by atoms with Gasteiger partial charge in [-0.25, -0.2) is 9.67 Å². The Morgan fingerprint density at radius 1 is 1.43 bits per heavy atom. The second-order valence-corrected chi connectivity index (χ2v) is 6.11. The number of nitrogens with one attached hydrogen (secondary N) is 1. The number of nitrogens with zero attached hydrogens (tertiary/aromatic N) is 3. The van der Waals surface area contributed by atoms with Crippen molar-refractivity contribution in [3.63, 3.8) is 0 Å². The lowest BCUT2D eigenvalue weighted by Crippen LogP contribution is -2.13. The van der Waals surface area contributed by atoms with Crippen molar-refractivity contribution in [3.05, 3.63) is 29.7 Å². The van der Waals surface area contributed by atoms with Crippen LogP contribution in [0.1, 0.15) is 25.8 Å². The van der Waals surface area contributed by atoms with E-state index in [9.17, 15) is 13.9 Å². The summed E-state index contributed by atoms with van der Waals surface area (Å²) in [5.41, 5.74) is 1.72. The minimum Gasteiger partial charge on any atom is -0.393 e. The first-order valence-electron chi connectivity index (χ1n) is 7.44. The second-order valence-electron chi connectivity index (χ2n) is 5.73. The summed E-state index contributed by atoms with van der Waals surface area (Å²) in [6.07, 6.45) is 5.06. The molecule has 2 heterocycles. The molecule has 0 aromatic carbocycles. The first-order chi connectivity index (χ1) is 11.0. The lowest BCUT2D eigenvalue weighted by molar-refractivity contribution is 0.0568. The summed E-state index contributed by atoms with van der Waals surface area (Å²) in [6.45, 7) is -2.00. The Morgan fingerprint density at radius 2 is 2.26 bits per heavy atom. The predicted molar refractivity (Wildman–Crippen MR) is 83.6 cm³/mol.